The molecule has 0 unspecified atom stereocenters. The smallest absolute Gasteiger partial charge is 0.0190 e. The molecule has 0 radical (unpaired) electrons. The van der Waals surface area contributed by atoms with Crippen LogP contribution >= 0.6 is 0 Å². The van der Waals surface area contributed by atoms with Gasteiger partial charge in [0.25, 0.3) is 0 Å². The fourth-order valence-corrected chi connectivity index (χ4v) is 1.14. The highest BCUT2D eigenvalue weighted by atomic mass is 14.0. The van der Waals surface area contributed by atoms with Crippen molar-refractivity contribution in [2.45, 2.75) is 20.3 Å². The van der Waals surface area contributed by atoms with Crippen LogP contribution in [-0.4, -0.2) is 0 Å². The molecule has 0 heteroatoms. The van der Waals surface area contributed by atoms with Crippen LogP contribution in [0.2, 0.25) is 0 Å². The topological polar surface area (TPSA) is 0 Å². The molecule has 13 heavy (non-hydrogen) atoms. The first-order chi connectivity index (χ1) is 6.24. The lowest BCUT2D eigenvalue weighted by Gasteiger charge is -2.01. The average Bonchev–Trinajstić information content (AvgIpc) is 2.19. The Hall–Kier alpha value is -1.30. The van der Waals surface area contributed by atoms with Crippen LogP contribution in [-0.2, 0) is 0 Å². The second-order valence-corrected chi connectivity index (χ2v) is 3.24. The predicted molar refractivity (Wildman–Crippen MR) is 59.5 cm³/mol. The van der Waals surface area contributed by atoms with E-state index in [-0.39, 0.29) is 0 Å². The highest BCUT2D eigenvalue weighted by Gasteiger charge is 1.93. The molecular weight excluding hydrogens is 156 g/mol. The summed E-state index contributed by atoms with van der Waals surface area (Å²) in [6.45, 7) is 8.33. The Morgan fingerprint density at radius 3 is 2.46 bits per heavy atom. The Labute approximate surface area is 80.6 Å². The highest BCUT2D eigenvalue weighted by Crippen LogP contribution is 2.15. The van der Waals surface area contributed by atoms with Gasteiger partial charge in [0.05, 0.1) is 0 Å². The Balaban J connectivity index is 2.81. The molecule has 0 aromatic heterocycles. The number of benzene rings is 1. The van der Waals surface area contributed by atoms with Crippen LogP contribution in [0.4, 0.5) is 0 Å². The molecule has 0 bridgehead atoms. The first-order valence-electron chi connectivity index (χ1n) is 4.65. The fourth-order valence-electron chi connectivity index (χ4n) is 1.14. The standard InChI is InChI=1S/C13H16/c1-4-11(2)10-12(3)13-8-6-5-7-9-13/h5-10H,3-4H2,1-2H3. The molecule has 1 aromatic carbocycles. The van der Waals surface area contributed by atoms with E-state index in [1.54, 1.807) is 0 Å². The van der Waals surface area contributed by atoms with Crippen molar-refractivity contribution in [1.82, 2.24) is 0 Å². The van der Waals surface area contributed by atoms with Crippen molar-refractivity contribution in [3.05, 3.63) is 54.1 Å². The SMILES string of the molecule is C=C(C=C(C)CC)c1ccccc1. The van der Waals surface area contributed by atoms with Crippen molar-refractivity contribution in [3.63, 3.8) is 0 Å². The van der Waals surface area contributed by atoms with Gasteiger partial charge in [-0.05, 0) is 24.5 Å². The maximum Gasteiger partial charge on any atom is -0.0190 e. The molecule has 0 fully saturated rings. The molecule has 0 heterocycles. The molecule has 0 amide bonds. The molecule has 0 nitrogen and oxygen atoms in total. The van der Waals surface area contributed by atoms with E-state index in [1.165, 1.54) is 11.1 Å². The molecule has 0 saturated heterocycles. The molecular formula is C13H16. The number of allylic oxidation sites excluding steroid dienone is 3. The zero-order valence-electron chi connectivity index (χ0n) is 8.38. The zero-order valence-corrected chi connectivity index (χ0v) is 8.38. The Kier molecular flexibility index (Phi) is 3.51. The molecule has 0 aliphatic rings. The third kappa shape index (κ3) is 2.90. The van der Waals surface area contributed by atoms with Gasteiger partial charge in [0.15, 0.2) is 0 Å². The molecule has 1 aromatic rings. The molecule has 0 aliphatic heterocycles. The van der Waals surface area contributed by atoms with Crippen LogP contribution in [0.25, 0.3) is 5.57 Å². The van der Waals surface area contributed by atoms with Gasteiger partial charge in [-0.1, -0.05) is 55.5 Å². The number of rotatable bonds is 3. The van der Waals surface area contributed by atoms with E-state index >= 15 is 0 Å². The van der Waals surface area contributed by atoms with E-state index in [1.807, 2.05) is 18.2 Å². The third-order valence-corrected chi connectivity index (χ3v) is 2.12. The maximum absolute atomic E-state index is 4.04. The average molecular weight is 172 g/mol. The third-order valence-electron chi connectivity index (χ3n) is 2.12. The molecule has 0 aliphatic carbocycles. The number of hydrogen-bond acceptors (Lipinski definition) is 0. The highest BCUT2D eigenvalue weighted by molar-refractivity contribution is 5.72. The van der Waals surface area contributed by atoms with Gasteiger partial charge in [-0.15, -0.1) is 0 Å². The van der Waals surface area contributed by atoms with E-state index in [4.69, 9.17) is 0 Å². The zero-order chi connectivity index (χ0) is 9.68. The Morgan fingerprint density at radius 2 is 1.92 bits per heavy atom. The molecule has 1 rings (SSSR count). The van der Waals surface area contributed by atoms with Crippen molar-refractivity contribution in [2.75, 3.05) is 0 Å². The minimum atomic E-state index is 1.09. The molecule has 0 N–H and O–H groups in total. The number of hydrogen-bond donors (Lipinski definition) is 0. The van der Waals surface area contributed by atoms with Crippen LogP contribution in [0.3, 0.4) is 0 Å². The van der Waals surface area contributed by atoms with E-state index in [0.717, 1.165) is 12.0 Å². The van der Waals surface area contributed by atoms with Crippen molar-refractivity contribution < 1.29 is 0 Å². The van der Waals surface area contributed by atoms with E-state index in [9.17, 15) is 0 Å². The molecule has 0 atom stereocenters. The summed E-state index contributed by atoms with van der Waals surface area (Å²) in [6, 6.07) is 10.3. The first kappa shape index (κ1) is 9.79. The summed E-state index contributed by atoms with van der Waals surface area (Å²) >= 11 is 0. The molecule has 68 valence electrons. The summed E-state index contributed by atoms with van der Waals surface area (Å²) < 4.78 is 0. The van der Waals surface area contributed by atoms with Gasteiger partial charge in [-0.2, -0.15) is 0 Å². The maximum atomic E-state index is 4.04. The summed E-state index contributed by atoms with van der Waals surface area (Å²) in [5.74, 6) is 0. The second kappa shape index (κ2) is 4.66. The summed E-state index contributed by atoms with van der Waals surface area (Å²) in [7, 11) is 0. The summed E-state index contributed by atoms with van der Waals surface area (Å²) in [5, 5.41) is 0. The van der Waals surface area contributed by atoms with Crippen LogP contribution in [0, 0.1) is 0 Å². The van der Waals surface area contributed by atoms with Crippen LogP contribution in [0.1, 0.15) is 25.8 Å². The van der Waals surface area contributed by atoms with Gasteiger partial charge in [-0.25, -0.2) is 0 Å². The van der Waals surface area contributed by atoms with Crippen molar-refractivity contribution in [3.8, 4) is 0 Å². The van der Waals surface area contributed by atoms with Gasteiger partial charge in [0.2, 0.25) is 0 Å². The van der Waals surface area contributed by atoms with E-state index in [2.05, 4.69) is 38.6 Å². The molecule has 0 saturated carbocycles. The summed E-state index contributed by atoms with van der Waals surface area (Å²) in [5.41, 5.74) is 3.67. The van der Waals surface area contributed by atoms with Gasteiger partial charge in [0.1, 0.15) is 0 Å². The van der Waals surface area contributed by atoms with Gasteiger partial charge >= 0.3 is 0 Å². The van der Waals surface area contributed by atoms with Gasteiger partial charge in [0, 0.05) is 0 Å². The summed E-state index contributed by atoms with van der Waals surface area (Å²) in [6.07, 6.45) is 3.24. The van der Waals surface area contributed by atoms with Crippen LogP contribution in [0.5, 0.6) is 0 Å². The first-order valence-corrected chi connectivity index (χ1v) is 4.65. The second-order valence-electron chi connectivity index (χ2n) is 3.24. The van der Waals surface area contributed by atoms with E-state index in [0.29, 0.717) is 0 Å². The Morgan fingerprint density at radius 1 is 1.31 bits per heavy atom. The lowest BCUT2D eigenvalue weighted by molar-refractivity contribution is 1.10. The quantitative estimate of drug-likeness (QED) is 0.603. The lowest BCUT2D eigenvalue weighted by Crippen LogP contribution is -1.79. The lowest BCUT2D eigenvalue weighted by atomic mass is 10.0. The minimum absolute atomic E-state index is 1.09. The molecule has 0 spiro atoms. The predicted octanol–water partition coefficient (Wildman–Crippen LogP) is 4.06. The largest absolute Gasteiger partial charge is 0.0912 e. The monoisotopic (exact) mass is 172 g/mol. The van der Waals surface area contributed by atoms with Gasteiger partial charge in [-0.3, -0.25) is 0 Å². The van der Waals surface area contributed by atoms with Gasteiger partial charge < -0.3 is 0 Å². The van der Waals surface area contributed by atoms with Crippen molar-refractivity contribution in [2.24, 2.45) is 0 Å². The minimum Gasteiger partial charge on any atom is -0.0912 e. The van der Waals surface area contributed by atoms with Crippen molar-refractivity contribution >= 4 is 5.57 Å². The van der Waals surface area contributed by atoms with Crippen LogP contribution < -0.4 is 0 Å². The van der Waals surface area contributed by atoms with E-state index < -0.39 is 0 Å². The fraction of sp³-hybridized carbons (Fsp3) is 0.231. The normalized spacial score (nSPS) is 11.4. The van der Waals surface area contributed by atoms with Crippen LogP contribution in [0.15, 0.2) is 48.6 Å². The Bertz CT molecular complexity index is 304. The summed E-state index contributed by atoms with van der Waals surface area (Å²) in [4.78, 5) is 0. The van der Waals surface area contributed by atoms with Crippen molar-refractivity contribution in [1.29, 1.82) is 0 Å².